The van der Waals surface area contributed by atoms with Crippen molar-refractivity contribution in [2.75, 3.05) is 20.7 Å². The Morgan fingerprint density at radius 1 is 1.43 bits per heavy atom. The molecule has 0 amide bonds. The van der Waals surface area contributed by atoms with Gasteiger partial charge in [0, 0.05) is 22.6 Å². The van der Waals surface area contributed by atoms with Gasteiger partial charge in [0.2, 0.25) is 0 Å². The van der Waals surface area contributed by atoms with Gasteiger partial charge in [-0.2, -0.15) is 0 Å². The summed E-state index contributed by atoms with van der Waals surface area (Å²) in [5.74, 6) is 5.53. The van der Waals surface area contributed by atoms with E-state index in [2.05, 4.69) is 40.6 Å². The van der Waals surface area contributed by atoms with E-state index in [0.29, 0.717) is 6.04 Å². The van der Waals surface area contributed by atoms with Gasteiger partial charge in [0.05, 0.1) is 7.11 Å². The molecule has 0 spiro atoms. The second kappa shape index (κ2) is 8.41. The van der Waals surface area contributed by atoms with Crippen LogP contribution in [0.25, 0.3) is 10.9 Å². The second-order valence-corrected chi connectivity index (χ2v) is 4.64. The summed E-state index contributed by atoms with van der Waals surface area (Å²) in [6, 6.07) is 6.65. The van der Waals surface area contributed by atoms with Gasteiger partial charge in [-0.3, -0.25) is 11.3 Å². The van der Waals surface area contributed by atoms with Gasteiger partial charge in [-0.05, 0) is 50.7 Å². The molecular weight excluding hydrogens is 268 g/mol. The molecule has 1 aliphatic heterocycles. The number of rotatable bonds is 1. The Hall–Kier alpha value is -1.89. The molecule has 0 fully saturated rings. The maximum atomic E-state index is 8.00. The normalized spacial score (nSPS) is 16.1. The van der Waals surface area contributed by atoms with Crippen molar-refractivity contribution in [2.45, 2.75) is 19.4 Å². The van der Waals surface area contributed by atoms with Gasteiger partial charge in [0.15, 0.2) is 0 Å². The summed E-state index contributed by atoms with van der Waals surface area (Å²) in [6.07, 6.45) is 1.09. The lowest BCUT2D eigenvalue weighted by Crippen LogP contribution is -2.27. The van der Waals surface area contributed by atoms with E-state index in [1.54, 1.807) is 14.2 Å². The highest BCUT2D eigenvalue weighted by Crippen LogP contribution is 2.31. The van der Waals surface area contributed by atoms with Crippen LogP contribution in [0, 0.1) is 0 Å². The van der Waals surface area contributed by atoms with Crippen molar-refractivity contribution in [3.8, 4) is 5.75 Å². The maximum absolute atomic E-state index is 8.00. The first-order valence-electron chi connectivity index (χ1n) is 6.79. The Kier molecular flexibility index (Phi) is 6.87. The molecule has 21 heavy (non-hydrogen) atoms. The van der Waals surface area contributed by atoms with Gasteiger partial charge in [-0.15, -0.1) is 0 Å². The summed E-state index contributed by atoms with van der Waals surface area (Å²) < 4.78 is 5.28. The van der Waals surface area contributed by atoms with Gasteiger partial charge < -0.3 is 19.8 Å². The molecule has 6 nitrogen and oxygen atoms in total. The number of benzene rings is 1. The van der Waals surface area contributed by atoms with Crippen molar-refractivity contribution in [3.05, 3.63) is 29.5 Å². The second-order valence-electron chi connectivity index (χ2n) is 4.64. The lowest BCUT2D eigenvalue weighted by atomic mass is 10.0. The van der Waals surface area contributed by atoms with E-state index in [9.17, 15) is 0 Å². The first-order valence-corrected chi connectivity index (χ1v) is 6.79. The minimum Gasteiger partial charge on any atom is -0.497 e. The van der Waals surface area contributed by atoms with Crippen LogP contribution in [0.3, 0.4) is 0 Å². The molecule has 1 aliphatic rings. The number of nitrogens with one attached hydrogen (secondary N) is 3. The number of carbonyl (C=O) groups is 1. The molecule has 1 unspecified atom stereocenters. The first-order chi connectivity index (χ1) is 10.2. The van der Waals surface area contributed by atoms with Gasteiger partial charge >= 0.3 is 0 Å². The molecule has 6 heteroatoms. The van der Waals surface area contributed by atoms with Gasteiger partial charge in [0.1, 0.15) is 12.5 Å². The van der Waals surface area contributed by atoms with Crippen molar-refractivity contribution < 1.29 is 9.53 Å². The molecule has 0 saturated heterocycles. The third-order valence-corrected chi connectivity index (χ3v) is 3.40. The third-order valence-electron chi connectivity index (χ3n) is 3.40. The number of ether oxygens (including phenoxy) is 1. The highest BCUT2D eigenvalue weighted by molar-refractivity contribution is 5.86. The van der Waals surface area contributed by atoms with Crippen LogP contribution in [0.1, 0.15) is 24.2 Å². The van der Waals surface area contributed by atoms with Crippen LogP contribution in [0.15, 0.2) is 18.2 Å². The Morgan fingerprint density at radius 3 is 2.71 bits per heavy atom. The molecule has 5 N–H and O–H groups in total. The van der Waals surface area contributed by atoms with Crippen LogP contribution in [0.4, 0.5) is 0 Å². The van der Waals surface area contributed by atoms with E-state index in [4.69, 9.17) is 9.53 Å². The zero-order chi connectivity index (χ0) is 15.8. The fourth-order valence-corrected chi connectivity index (χ4v) is 2.53. The molecule has 0 radical (unpaired) electrons. The van der Waals surface area contributed by atoms with Crippen LogP contribution < -0.4 is 21.3 Å². The molecule has 1 aromatic heterocycles. The predicted molar refractivity (Wildman–Crippen MR) is 85.3 cm³/mol. The zero-order valence-electron chi connectivity index (χ0n) is 12.8. The third kappa shape index (κ3) is 3.81. The lowest BCUT2D eigenvalue weighted by molar-refractivity contribution is -0.0979. The quantitative estimate of drug-likeness (QED) is 0.469. The fraction of sp³-hybridized carbons (Fsp3) is 0.400. The standard InChI is InChI=1S/C13H16N2O.CH6N2.CH2O/c1-8-13-10(5-6-14-8)11-7-9(16-2)3-4-12(11)15-13;1-3-2;1-2/h3-4,7-8,14-15H,5-6H2,1-2H3;3H,2H2,1H3;1H2. The van der Waals surface area contributed by atoms with E-state index in [0.717, 1.165) is 18.7 Å². The van der Waals surface area contributed by atoms with Crippen LogP contribution in [-0.4, -0.2) is 32.5 Å². The van der Waals surface area contributed by atoms with Crippen molar-refractivity contribution in [1.82, 2.24) is 15.7 Å². The van der Waals surface area contributed by atoms with E-state index in [1.807, 2.05) is 12.9 Å². The maximum Gasteiger partial charge on any atom is 0.119 e. The predicted octanol–water partition coefficient (Wildman–Crippen LogP) is 1.28. The molecule has 116 valence electrons. The van der Waals surface area contributed by atoms with Gasteiger partial charge in [-0.1, -0.05) is 0 Å². The Balaban J connectivity index is 0.000000395. The summed E-state index contributed by atoms with van der Waals surface area (Å²) in [6.45, 7) is 5.25. The summed E-state index contributed by atoms with van der Waals surface area (Å²) in [7, 11) is 3.37. The molecule has 2 heterocycles. The number of aromatic amines is 1. The molecule has 1 aromatic carbocycles. The SMILES string of the molecule is C=O.CNN.COc1ccc2[nH]c3c(c2c1)CCNC3C. The Morgan fingerprint density at radius 2 is 2.10 bits per heavy atom. The molecule has 1 atom stereocenters. The van der Waals surface area contributed by atoms with E-state index in [1.165, 1.54) is 22.2 Å². The molecule has 2 aromatic rings. The van der Waals surface area contributed by atoms with E-state index in [-0.39, 0.29) is 0 Å². The topological polar surface area (TPSA) is 92.2 Å². The number of hydrazine groups is 1. The number of hydrogen-bond donors (Lipinski definition) is 4. The lowest BCUT2D eigenvalue weighted by Gasteiger charge is -2.20. The Bertz CT molecular complexity index is 568. The van der Waals surface area contributed by atoms with Crippen LogP contribution in [0.2, 0.25) is 0 Å². The number of methoxy groups -OCH3 is 1. The fourth-order valence-electron chi connectivity index (χ4n) is 2.53. The van der Waals surface area contributed by atoms with E-state index >= 15 is 0 Å². The number of carbonyl (C=O) groups excluding carboxylic acids is 1. The Labute approximate surface area is 125 Å². The molecular formula is C15H24N4O2. The summed E-state index contributed by atoms with van der Waals surface area (Å²) >= 11 is 0. The van der Waals surface area contributed by atoms with Gasteiger partial charge in [0.25, 0.3) is 0 Å². The molecule has 0 aliphatic carbocycles. The monoisotopic (exact) mass is 292 g/mol. The molecule has 0 bridgehead atoms. The molecule has 3 rings (SSSR count). The summed E-state index contributed by atoms with van der Waals surface area (Å²) in [4.78, 5) is 11.5. The zero-order valence-corrected chi connectivity index (χ0v) is 12.8. The highest BCUT2D eigenvalue weighted by Gasteiger charge is 2.20. The number of H-pyrrole nitrogens is 1. The van der Waals surface area contributed by atoms with Crippen molar-refractivity contribution in [2.24, 2.45) is 5.84 Å². The number of nitrogens with two attached hydrogens (primary N) is 1. The molecule has 0 saturated carbocycles. The van der Waals surface area contributed by atoms with Crippen LogP contribution >= 0.6 is 0 Å². The first kappa shape index (κ1) is 17.2. The van der Waals surface area contributed by atoms with Crippen molar-refractivity contribution in [1.29, 1.82) is 0 Å². The summed E-state index contributed by atoms with van der Waals surface area (Å²) in [5.41, 5.74) is 6.23. The van der Waals surface area contributed by atoms with Crippen LogP contribution in [0.5, 0.6) is 5.75 Å². The number of aromatic nitrogens is 1. The smallest absolute Gasteiger partial charge is 0.119 e. The van der Waals surface area contributed by atoms with E-state index < -0.39 is 0 Å². The summed E-state index contributed by atoms with van der Waals surface area (Å²) in [5, 5.41) is 4.77. The minimum absolute atomic E-state index is 0.419. The largest absolute Gasteiger partial charge is 0.497 e. The number of fused-ring (bicyclic) bond motifs is 3. The average molecular weight is 292 g/mol. The van der Waals surface area contributed by atoms with Gasteiger partial charge in [-0.25, -0.2) is 0 Å². The van der Waals surface area contributed by atoms with Crippen molar-refractivity contribution >= 4 is 17.7 Å². The minimum atomic E-state index is 0.419. The van der Waals surface area contributed by atoms with Crippen molar-refractivity contribution in [3.63, 3.8) is 0 Å². The van der Waals surface area contributed by atoms with Crippen LogP contribution in [-0.2, 0) is 11.2 Å². The number of hydrogen-bond acceptors (Lipinski definition) is 5. The average Bonchev–Trinajstić information content (AvgIpc) is 2.89. The highest BCUT2D eigenvalue weighted by atomic mass is 16.5.